The second-order valence-corrected chi connectivity index (χ2v) is 5.80. The molecule has 2 heterocycles. The Balaban J connectivity index is 2.08. The van der Waals surface area contributed by atoms with Gasteiger partial charge in [-0.15, -0.1) is 0 Å². The van der Waals surface area contributed by atoms with Crippen molar-refractivity contribution in [3.05, 3.63) is 40.4 Å². The van der Waals surface area contributed by atoms with Crippen LogP contribution in [0.2, 0.25) is 0 Å². The van der Waals surface area contributed by atoms with E-state index in [9.17, 15) is 9.59 Å². The molecule has 0 atom stereocenters. The standard InChI is InChI=1S/C16H18N4O2/c1-9(2)18-13(21)7-20-8-17-14-11-6-10(3)4-5-12(11)19-15(14)16(20)22/h4-6,8-9,19H,7H2,1-3H3,(H,18,21). The van der Waals surface area contributed by atoms with E-state index in [0.29, 0.717) is 11.0 Å². The zero-order chi connectivity index (χ0) is 15.9. The lowest BCUT2D eigenvalue weighted by atomic mass is 10.2. The van der Waals surface area contributed by atoms with Gasteiger partial charge >= 0.3 is 0 Å². The molecule has 3 rings (SSSR count). The number of hydrogen-bond acceptors (Lipinski definition) is 3. The second kappa shape index (κ2) is 5.29. The molecule has 2 N–H and O–H groups in total. The highest BCUT2D eigenvalue weighted by Gasteiger charge is 2.13. The van der Waals surface area contributed by atoms with Gasteiger partial charge < -0.3 is 10.3 Å². The van der Waals surface area contributed by atoms with E-state index < -0.39 is 0 Å². The van der Waals surface area contributed by atoms with Crippen LogP contribution >= 0.6 is 0 Å². The van der Waals surface area contributed by atoms with Gasteiger partial charge in [-0.3, -0.25) is 14.2 Å². The SMILES string of the molecule is Cc1ccc2[nH]c3c(=O)n(CC(=O)NC(C)C)cnc3c2c1. The molecule has 3 aromatic rings. The number of carbonyl (C=O) groups is 1. The fraction of sp³-hybridized carbons (Fsp3) is 0.312. The lowest BCUT2D eigenvalue weighted by Gasteiger charge is -2.09. The predicted molar refractivity (Wildman–Crippen MR) is 85.9 cm³/mol. The molecule has 0 fully saturated rings. The minimum absolute atomic E-state index is 0.0334. The number of amides is 1. The average molecular weight is 298 g/mol. The summed E-state index contributed by atoms with van der Waals surface area (Å²) in [5, 5.41) is 3.69. The van der Waals surface area contributed by atoms with Gasteiger partial charge in [0.05, 0.1) is 6.33 Å². The van der Waals surface area contributed by atoms with E-state index in [-0.39, 0.29) is 24.1 Å². The summed E-state index contributed by atoms with van der Waals surface area (Å²) in [6.07, 6.45) is 1.43. The Morgan fingerprint density at radius 3 is 2.91 bits per heavy atom. The Morgan fingerprint density at radius 2 is 2.18 bits per heavy atom. The fourth-order valence-corrected chi connectivity index (χ4v) is 2.54. The fourth-order valence-electron chi connectivity index (χ4n) is 2.54. The van der Waals surface area contributed by atoms with Crippen LogP contribution in [0.25, 0.3) is 21.9 Å². The van der Waals surface area contributed by atoms with Gasteiger partial charge in [0.1, 0.15) is 17.6 Å². The number of aromatic amines is 1. The van der Waals surface area contributed by atoms with E-state index in [2.05, 4.69) is 15.3 Å². The van der Waals surface area contributed by atoms with Crippen molar-refractivity contribution >= 4 is 27.8 Å². The molecule has 0 saturated heterocycles. The van der Waals surface area contributed by atoms with Crippen molar-refractivity contribution in [1.29, 1.82) is 0 Å². The maximum Gasteiger partial charge on any atom is 0.278 e. The van der Waals surface area contributed by atoms with Crippen LogP contribution in [0, 0.1) is 6.92 Å². The molecule has 1 aromatic carbocycles. The van der Waals surface area contributed by atoms with E-state index >= 15 is 0 Å². The van der Waals surface area contributed by atoms with Crippen molar-refractivity contribution in [2.24, 2.45) is 0 Å². The zero-order valence-electron chi connectivity index (χ0n) is 12.8. The Kier molecular flexibility index (Phi) is 3.44. The molecule has 1 amide bonds. The highest BCUT2D eigenvalue weighted by Crippen LogP contribution is 2.22. The predicted octanol–water partition coefficient (Wildman–Crippen LogP) is 1.71. The molecule has 0 bridgehead atoms. The van der Waals surface area contributed by atoms with Crippen LogP contribution in [-0.2, 0) is 11.3 Å². The van der Waals surface area contributed by atoms with E-state index in [1.54, 1.807) is 0 Å². The highest BCUT2D eigenvalue weighted by molar-refractivity contribution is 6.04. The summed E-state index contributed by atoms with van der Waals surface area (Å²) in [5.74, 6) is -0.204. The Bertz CT molecular complexity index is 921. The number of aromatic nitrogens is 3. The van der Waals surface area contributed by atoms with Gasteiger partial charge in [0.2, 0.25) is 5.91 Å². The number of carbonyl (C=O) groups excluding carboxylic acids is 1. The van der Waals surface area contributed by atoms with Crippen LogP contribution in [0.4, 0.5) is 0 Å². The first-order valence-corrected chi connectivity index (χ1v) is 7.22. The van der Waals surface area contributed by atoms with Crippen LogP contribution in [-0.4, -0.2) is 26.5 Å². The lowest BCUT2D eigenvalue weighted by Crippen LogP contribution is -2.36. The number of nitrogens with zero attached hydrogens (tertiary/aromatic N) is 2. The number of hydrogen-bond donors (Lipinski definition) is 2. The van der Waals surface area contributed by atoms with Gasteiger partial charge in [-0.2, -0.15) is 0 Å². The first-order chi connectivity index (χ1) is 10.5. The number of nitrogens with one attached hydrogen (secondary N) is 2. The molecular weight excluding hydrogens is 280 g/mol. The average Bonchev–Trinajstić information content (AvgIpc) is 2.80. The molecule has 0 aliphatic rings. The van der Waals surface area contributed by atoms with Gasteiger partial charge in [0.25, 0.3) is 5.56 Å². The van der Waals surface area contributed by atoms with E-state index in [1.807, 2.05) is 39.0 Å². The number of aryl methyl sites for hydroxylation is 1. The van der Waals surface area contributed by atoms with E-state index in [4.69, 9.17) is 0 Å². The number of H-pyrrole nitrogens is 1. The summed E-state index contributed by atoms with van der Waals surface area (Å²) >= 11 is 0. The molecule has 114 valence electrons. The topological polar surface area (TPSA) is 79.8 Å². The molecule has 22 heavy (non-hydrogen) atoms. The lowest BCUT2D eigenvalue weighted by molar-refractivity contribution is -0.122. The van der Waals surface area contributed by atoms with Crippen molar-refractivity contribution in [3.63, 3.8) is 0 Å². The normalized spacial score (nSPS) is 11.5. The van der Waals surface area contributed by atoms with Crippen LogP contribution in [0.3, 0.4) is 0 Å². The molecule has 6 nitrogen and oxygen atoms in total. The minimum atomic E-state index is -0.238. The molecule has 0 unspecified atom stereocenters. The molecule has 0 saturated carbocycles. The van der Waals surface area contributed by atoms with Crippen molar-refractivity contribution in [2.75, 3.05) is 0 Å². The third-order valence-electron chi connectivity index (χ3n) is 3.49. The Morgan fingerprint density at radius 1 is 1.41 bits per heavy atom. The molecule has 0 radical (unpaired) electrons. The third-order valence-corrected chi connectivity index (χ3v) is 3.49. The van der Waals surface area contributed by atoms with Gasteiger partial charge in [0.15, 0.2) is 0 Å². The van der Waals surface area contributed by atoms with E-state index in [0.717, 1.165) is 16.5 Å². The van der Waals surface area contributed by atoms with Gasteiger partial charge in [-0.25, -0.2) is 4.98 Å². The quantitative estimate of drug-likeness (QED) is 0.772. The molecule has 0 aliphatic heterocycles. The summed E-state index contributed by atoms with van der Waals surface area (Å²) in [4.78, 5) is 31.8. The molecule has 0 spiro atoms. The van der Waals surface area contributed by atoms with Crippen molar-refractivity contribution in [2.45, 2.75) is 33.4 Å². The third kappa shape index (κ3) is 2.47. The number of benzene rings is 1. The Hall–Kier alpha value is -2.63. The summed E-state index contributed by atoms with van der Waals surface area (Å²) in [5.41, 5.74) is 2.81. The van der Waals surface area contributed by atoms with Crippen LogP contribution in [0.5, 0.6) is 0 Å². The maximum atomic E-state index is 12.5. The molecular formula is C16H18N4O2. The zero-order valence-corrected chi connectivity index (χ0v) is 12.8. The second-order valence-electron chi connectivity index (χ2n) is 5.80. The monoisotopic (exact) mass is 298 g/mol. The molecule has 0 aliphatic carbocycles. The van der Waals surface area contributed by atoms with Crippen molar-refractivity contribution in [1.82, 2.24) is 19.9 Å². The number of fused-ring (bicyclic) bond motifs is 3. The maximum absolute atomic E-state index is 12.5. The molecule has 6 heteroatoms. The first-order valence-electron chi connectivity index (χ1n) is 7.22. The summed E-state index contributed by atoms with van der Waals surface area (Å²) < 4.78 is 1.32. The van der Waals surface area contributed by atoms with Crippen molar-refractivity contribution < 1.29 is 4.79 Å². The van der Waals surface area contributed by atoms with Crippen LogP contribution < -0.4 is 10.9 Å². The van der Waals surface area contributed by atoms with Crippen LogP contribution in [0.15, 0.2) is 29.3 Å². The molecule has 2 aromatic heterocycles. The first kappa shape index (κ1) is 14.3. The van der Waals surface area contributed by atoms with Crippen LogP contribution in [0.1, 0.15) is 19.4 Å². The summed E-state index contributed by atoms with van der Waals surface area (Å²) in [7, 11) is 0. The summed E-state index contributed by atoms with van der Waals surface area (Å²) in [6.45, 7) is 5.72. The smallest absolute Gasteiger partial charge is 0.278 e. The van der Waals surface area contributed by atoms with Crippen molar-refractivity contribution in [3.8, 4) is 0 Å². The van der Waals surface area contributed by atoms with Gasteiger partial charge in [-0.1, -0.05) is 11.6 Å². The Labute approximate surface area is 127 Å². The van der Waals surface area contributed by atoms with Gasteiger partial charge in [0, 0.05) is 16.9 Å². The number of rotatable bonds is 3. The van der Waals surface area contributed by atoms with E-state index in [1.165, 1.54) is 10.9 Å². The van der Waals surface area contributed by atoms with Gasteiger partial charge in [-0.05, 0) is 32.9 Å². The summed E-state index contributed by atoms with van der Waals surface area (Å²) in [6, 6.07) is 5.94. The minimum Gasteiger partial charge on any atom is -0.352 e. The highest BCUT2D eigenvalue weighted by atomic mass is 16.2. The largest absolute Gasteiger partial charge is 0.352 e.